The number of ether oxygens (including phenoxy) is 1. The Morgan fingerprint density at radius 1 is 1.38 bits per heavy atom. The Bertz CT molecular complexity index is 549. The van der Waals surface area contributed by atoms with E-state index in [4.69, 9.17) is 4.74 Å². The number of aromatic nitrogens is 2. The van der Waals surface area contributed by atoms with Crippen LogP contribution in [0.1, 0.15) is 56.7 Å². The molecule has 0 amide bonds. The summed E-state index contributed by atoms with van der Waals surface area (Å²) in [7, 11) is 0. The maximum atomic E-state index is 11.9. The average molecular weight is 290 g/mol. The molecule has 5 nitrogen and oxygen atoms in total. The molecule has 1 aliphatic carbocycles. The van der Waals surface area contributed by atoms with Crippen LogP contribution in [0.25, 0.3) is 0 Å². The molecular weight excluding hydrogens is 268 g/mol. The molecule has 1 N–H and O–H groups in total. The van der Waals surface area contributed by atoms with Crippen molar-refractivity contribution in [2.75, 3.05) is 0 Å². The van der Waals surface area contributed by atoms with E-state index in [9.17, 15) is 9.90 Å². The van der Waals surface area contributed by atoms with Crippen LogP contribution >= 0.6 is 0 Å². The molecule has 3 unspecified atom stereocenters. The summed E-state index contributed by atoms with van der Waals surface area (Å²) in [5, 5.41) is 14.4. The fourth-order valence-corrected chi connectivity index (χ4v) is 4.45. The maximum absolute atomic E-state index is 11.9. The standard InChI is InChI=1S/C16H22N2O3/c19-15(20)16(10-13-5-6-14(16)21-13)9-11-7-8-18(17-11)12-3-1-2-4-12/h7-8,12-14H,1-6,9-10H2,(H,19,20). The van der Waals surface area contributed by atoms with Gasteiger partial charge in [-0.2, -0.15) is 5.10 Å². The second-order valence-electron chi connectivity index (χ2n) is 6.89. The van der Waals surface area contributed by atoms with Crippen molar-refractivity contribution in [3.63, 3.8) is 0 Å². The lowest BCUT2D eigenvalue weighted by Gasteiger charge is -2.30. The highest BCUT2D eigenvalue weighted by molar-refractivity contribution is 5.76. The van der Waals surface area contributed by atoms with Crippen molar-refractivity contribution in [2.45, 2.75) is 69.6 Å². The number of hydrogen-bond acceptors (Lipinski definition) is 3. The number of carboxylic acids is 1. The van der Waals surface area contributed by atoms with Gasteiger partial charge in [0.1, 0.15) is 5.41 Å². The Kier molecular flexibility index (Phi) is 3.06. The summed E-state index contributed by atoms with van der Waals surface area (Å²) in [5.74, 6) is -0.717. The predicted molar refractivity (Wildman–Crippen MR) is 76.0 cm³/mol. The second kappa shape index (κ2) is 4.83. The molecule has 1 saturated carbocycles. The third kappa shape index (κ3) is 2.09. The number of hydrogen-bond donors (Lipinski definition) is 1. The summed E-state index contributed by atoms with van der Waals surface area (Å²) in [6.45, 7) is 0. The lowest BCUT2D eigenvalue weighted by atomic mass is 9.71. The average Bonchev–Trinajstić information content (AvgIpc) is 3.23. The highest BCUT2D eigenvalue weighted by Crippen LogP contribution is 2.49. The van der Waals surface area contributed by atoms with Crippen LogP contribution in [0.2, 0.25) is 0 Å². The van der Waals surface area contributed by atoms with E-state index in [0.29, 0.717) is 18.9 Å². The predicted octanol–water partition coefficient (Wildman–Crippen LogP) is 2.56. The van der Waals surface area contributed by atoms with Crippen molar-refractivity contribution in [1.29, 1.82) is 0 Å². The van der Waals surface area contributed by atoms with E-state index in [0.717, 1.165) is 18.5 Å². The summed E-state index contributed by atoms with van der Waals surface area (Å²) in [6.07, 6.45) is 10.0. The van der Waals surface area contributed by atoms with Crippen molar-refractivity contribution in [3.05, 3.63) is 18.0 Å². The van der Waals surface area contributed by atoms with Gasteiger partial charge >= 0.3 is 5.97 Å². The number of carboxylic acid groups (broad SMARTS) is 1. The van der Waals surface area contributed by atoms with Crippen LogP contribution in [0.15, 0.2) is 12.3 Å². The zero-order chi connectivity index (χ0) is 14.4. The van der Waals surface area contributed by atoms with E-state index in [2.05, 4.69) is 5.10 Å². The quantitative estimate of drug-likeness (QED) is 0.925. The Hall–Kier alpha value is -1.36. The molecule has 0 spiro atoms. The minimum Gasteiger partial charge on any atom is -0.481 e. The normalized spacial score (nSPS) is 35.6. The summed E-state index contributed by atoms with van der Waals surface area (Å²) < 4.78 is 7.86. The summed E-state index contributed by atoms with van der Waals surface area (Å²) in [6, 6.07) is 2.51. The molecule has 114 valence electrons. The van der Waals surface area contributed by atoms with Gasteiger partial charge in [-0.15, -0.1) is 0 Å². The van der Waals surface area contributed by atoms with E-state index < -0.39 is 11.4 Å². The monoisotopic (exact) mass is 290 g/mol. The van der Waals surface area contributed by atoms with Crippen molar-refractivity contribution < 1.29 is 14.6 Å². The van der Waals surface area contributed by atoms with E-state index in [1.165, 1.54) is 25.7 Å². The van der Waals surface area contributed by atoms with Gasteiger partial charge < -0.3 is 9.84 Å². The fraction of sp³-hybridized carbons (Fsp3) is 0.750. The topological polar surface area (TPSA) is 64.3 Å². The van der Waals surface area contributed by atoms with Gasteiger partial charge in [0.25, 0.3) is 0 Å². The zero-order valence-corrected chi connectivity index (χ0v) is 12.2. The molecular formula is C16H22N2O3. The van der Waals surface area contributed by atoms with Crippen LogP contribution in [0.3, 0.4) is 0 Å². The van der Waals surface area contributed by atoms with E-state index >= 15 is 0 Å². The van der Waals surface area contributed by atoms with Gasteiger partial charge in [-0.25, -0.2) is 0 Å². The second-order valence-corrected chi connectivity index (χ2v) is 6.89. The number of rotatable bonds is 4. The van der Waals surface area contributed by atoms with Gasteiger partial charge in [0.15, 0.2) is 0 Å². The molecule has 3 atom stereocenters. The Labute approximate surface area is 124 Å². The molecule has 5 heteroatoms. The van der Waals surface area contributed by atoms with Crippen LogP contribution in [-0.4, -0.2) is 33.1 Å². The van der Waals surface area contributed by atoms with Crippen LogP contribution in [-0.2, 0) is 16.0 Å². The van der Waals surface area contributed by atoms with Crippen LogP contribution in [0.4, 0.5) is 0 Å². The van der Waals surface area contributed by atoms with Gasteiger partial charge in [0, 0.05) is 12.6 Å². The first-order valence-electron chi connectivity index (χ1n) is 8.10. The maximum Gasteiger partial charge on any atom is 0.312 e. The molecule has 0 aromatic carbocycles. The minimum atomic E-state index is -0.752. The highest BCUT2D eigenvalue weighted by Gasteiger charge is 2.57. The smallest absolute Gasteiger partial charge is 0.312 e. The lowest BCUT2D eigenvalue weighted by Crippen LogP contribution is -2.42. The SMILES string of the molecule is O=C(O)C1(Cc2ccn(C3CCCC3)n2)CC2CCC1O2. The van der Waals surface area contributed by atoms with Gasteiger partial charge in [-0.05, 0) is 38.2 Å². The summed E-state index contributed by atoms with van der Waals surface area (Å²) in [4.78, 5) is 11.9. The molecule has 4 rings (SSSR count). The Morgan fingerprint density at radius 3 is 2.81 bits per heavy atom. The fourth-order valence-electron chi connectivity index (χ4n) is 4.45. The molecule has 1 aromatic heterocycles. The van der Waals surface area contributed by atoms with Crippen molar-refractivity contribution >= 4 is 5.97 Å². The number of aliphatic carboxylic acids is 1. The molecule has 2 bridgehead atoms. The van der Waals surface area contributed by atoms with Crippen LogP contribution in [0.5, 0.6) is 0 Å². The largest absolute Gasteiger partial charge is 0.481 e. The lowest BCUT2D eigenvalue weighted by molar-refractivity contribution is -0.152. The molecule has 0 radical (unpaired) electrons. The van der Waals surface area contributed by atoms with Gasteiger partial charge in [0.2, 0.25) is 0 Å². The summed E-state index contributed by atoms with van der Waals surface area (Å²) in [5.41, 5.74) is 0.151. The van der Waals surface area contributed by atoms with Crippen molar-refractivity contribution in [3.8, 4) is 0 Å². The number of fused-ring (bicyclic) bond motifs is 2. The molecule has 2 aliphatic heterocycles. The molecule has 3 fully saturated rings. The molecule has 21 heavy (non-hydrogen) atoms. The number of carbonyl (C=O) groups is 1. The van der Waals surface area contributed by atoms with E-state index in [-0.39, 0.29) is 12.2 Å². The highest BCUT2D eigenvalue weighted by atomic mass is 16.5. The first-order chi connectivity index (χ1) is 10.2. The molecule has 3 aliphatic rings. The molecule has 3 heterocycles. The zero-order valence-electron chi connectivity index (χ0n) is 12.2. The molecule has 2 saturated heterocycles. The Morgan fingerprint density at radius 2 is 2.19 bits per heavy atom. The van der Waals surface area contributed by atoms with Crippen LogP contribution < -0.4 is 0 Å². The van der Waals surface area contributed by atoms with Crippen LogP contribution in [0, 0.1) is 5.41 Å². The summed E-state index contributed by atoms with van der Waals surface area (Å²) >= 11 is 0. The van der Waals surface area contributed by atoms with Crippen molar-refractivity contribution in [1.82, 2.24) is 9.78 Å². The third-order valence-electron chi connectivity index (χ3n) is 5.60. The van der Waals surface area contributed by atoms with Crippen molar-refractivity contribution in [2.24, 2.45) is 5.41 Å². The first kappa shape index (κ1) is 13.3. The minimum absolute atomic E-state index is 0.128. The third-order valence-corrected chi connectivity index (χ3v) is 5.60. The Balaban J connectivity index is 1.55. The number of nitrogens with zero attached hydrogens (tertiary/aromatic N) is 2. The van der Waals surface area contributed by atoms with Gasteiger partial charge in [0.05, 0.1) is 23.9 Å². The van der Waals surface area contributed by atoms with Gasteiger partial charge in [-0.1, -0.05) is 12.8 Å². The van der Waals surface area contributed by atoms with E-state index in [1.54, 1.807) is 0 Å². The first-order valence-corrected chi connectivity index (χ1v) is 8.10. The van der Waals surface area contributed by atoms with Gasteiger partial charge in [-0.3, -0.25) is 9.48 Å². The van der Waals surface area contributed by atoms with E-state index in [1.807, 2.05) is 16.9 Å². The molecule has 1 aromatic rings.